The number of hydrogen-bond donors (Lipinski definition) is 1. The van der Waals surface area contributed by atoms with Gasteiger partial charge in [0.05, 0.1) is 0 Å². The summed E-state index contributed by atoms with van der Waals surface area (Å²) in [7, 11) is 0. The number of piperidine rings is 1. The van der Waals surface area contributed by atoms with Crippen LogP contribution in [0.15, 0.2) is 48.5 Å². The third-order valence-electron chi connectivity index (χ3n) is 9.57. The van der Waals surface area contributed by atoms with E-state index in [4.69, 9.17) is 10.5 Å². The van der Waals surface area contributed by atoms with Crippen molar-refractivity contribution in [3.05, 3.63) is 65.5 Å². The Morgan fingerprint density at radius 1 is 1.08 bits per heavy atom. The summed E-state index contributed by atoms with van der Waals surface area (Å²) in [5.74, 6) is 0.781. The summed E-state index contributed by atoms with van der Waals surface area (Å²) in [4.78, 5) is 17.4. The average molecular weight is 522 g/mol. The van der Waals surface area contributed by atoms with Crippen molar-refractivity contribution in [3.63, 3.8) is 0 Å². The minimum atomic E-state index is -0.387. The second-order valence-corrected chi connectivity index (χ2v) is 11.9. The molecule has 0 unspecified atom stereocenters. The van der Waals surface area contributed by atoms with E-state index in [0.717, 1.165) is 70.4 Å². The van der Waals surface area contributed by atoms with Crippen molar-refractivity contribution in [2.45, 2.75) is 63.9 Å². The number of esters is 1. The standard InChI is InChI=1S/C32H44FN3O2/c1-3-31(37)38-30-9-5-8-29(30)32(22-34,26-6-4-7-27(33)18-26)25-14-16-35(17-15-25)19-24-20-36(21-24)28-12-10-23(2)11-13-28/h4,6-7,10-13,18,24-25,29-30H,3,5,8-9,14-17,19-22,34H2,1-2H3/t29-,30-,32-/m0/s1. The maximum atomic E-state index is 14.5. The maximum absolute atomic E-state index is 14.5. The first-order valence-electron chi connectivity index (χ1n) is 14.6. The number of carbonyl (C=O) groups is 1. The number of rotatable bonds is 9. The van der Waals surface area contributed by atoms with Gasteiger partial charge in [-0.25, -0.2) is 4.39 Å². The predicted molar refractivity (Wildman–Crippen MR) is 151 cm³/mol. The Kier molecular flexibility index (Phi) is 8.39. The van der Waals surface area contributed by atoms with Crippen molar-refractivity contribution < 1.29 is 13.9 Å². The van der Waals surface area contributed by atoms with Gasteiger partial charge in [0.2, 0.25) is 0 Å². The van der Waals surface area contributed by atoms with Crippen LogP contribution >= 0.6 is 0 Å². The molecule has 0 bridgehead atoms. The molecule has 2 aromatic rings. The largest absolute Gasteiger partial charge is 0.462 e. The van der Waals surface area contributed by atoms with Gasteiger partial charge in [0.15, 0.2) is 0 Å². The number of anilines is 1. The van der Waals surface area contributed by atoms with Gasteiger partial charge >= 0.3 is 5.97 Å². The highest BCUT2D eigenvalue weighted by molar-refractivity contribution is 5.69. The highest BCUT2D eigenvalue weighted by Gasteiger charge is 2.52. The van der Waals surface area contributed by atoms with E-state index >= 15 is 0 Å². The molecule has 0 radical (unpaired) electrons. The molecule has 2 aliphatic heterocycles. The molecular weight excluding hydrogens is 477 g/mol. The first kappa shape index (κ1) is 27.1. The number of halogens is 1. The van der Waals surface area contributed by atoms with Gasteiger partial charge in [-0.2, -0.15) is 0 Å². The van der Waals surface area contributed by atoms with Crippen LogP contribution in [0.1, 0.15) is 56.6 Å². The fourth-order valence-electron chi connectivity index (χ4n) is 7.52. The molecule has 2 saturated heterocycles. The van der Waals surface area contributed by atoms with Crippen molar-refractivity contribution in [1.29, 1.82) is 0 Å². The van der Waals surface area contributed by atoms with E-state index in [9.17, 15) is 9.18 Å². The zero-order valence-corrected chi connectivity index (χ0v) is 23.1. The molecule has 3 atom stereocenters. The van der Waals surface area contributed by atoms with Crippen molar-refractivity contribution in [2.75, 3.05) is 44.2 Å². The monoisotopic (exact) mass is 521 g/mol. The number of ether oxygens (including phenoxy) is 1. The number of nitrogens with two attached hydrogens (primary N) is 1. The van der Waals surface area contributed by atoms with Crippen molar-refractivity contribution in [2.24, 2.45) is 23.5 Å². The summed E-state index contributed by atoms with van der Waals surface area (Å²) < 4.78 is 20.5. The Balaban J connectivity index is 1.27. The van der Waals surface area contributed by atoms with E-state index in [1.807, 2.05) is 19.1 Å². The maximum Gasteiger partial charge on any atom is 0.305 e. The van der Waals surface area contributed by atoms with Gasteiger partial charge in [0, 0.05) is 55.5 Å². The van der Waals surface area contributed by atoms with E-state index in [0.29, 0.717) is 24.8 Å². The summed E-state index contributed by atoms with van der Waals surface area (Å²) in [6.45, 7) is 9.85. The quantitative estimate of drug-likeness (QED) is 0.454. The molecule has 2 N–H and O–H groups in total. The highest BCUT2D eigenvalue weighted by atomic mass is 19.1. The zero-order valence-electron chi connectivity index (χ0n) is 23.1. The van der Waals surface area contributed by atoms with Gasteiger partial charge < -0.3 is 20.3 Å². The summed E-state index contributed by atoms with van der Waals surface area (Å²) in [5, 5.41) is 0. The van der Waals surface area contributed by atoms with Crippen molar-refractivity contribution in [1.82, 2.24) is 4.90 Å². The van der Waals surface area contributed by atoms with Crippen LogP contribution in [0.5, 0.6) is 0 Å². The van der Waals surface area contributed by atoms with Gasteiger partial charge in [-0.05, 0) is 87.9 Å². The van der Waals surface area contributed by atoms with Gasteiger partial charge in [-0.3, -0.25) is 4.79 Å². The molecule has 38 heavy (non-hydrogen) atoms. The normalized spacial score (nSPS) is 24.7. The van der Waals surface area contributed by atoms with Gasteiger partial charge in [0.25, 0.3) is 0 Å². The third-order valence-corrected chi connectivity index (χ3v) is 9.57. The van der Waals surface area contributed by atoms with Crippen LogP contribution in [0.3, 0.4) is 0 Å². The average Bonchev–Trinajstić information content (AvgIpc) is 3.36. The second kappa shape index (κ2) is 11.7. The zero-order chi connectivity index (χ0) is 26.7. The molecule has 5 nitrogen and oxygen atoms in total. The molecule has 3 fully saturated rings. The van der Waals surface area contributed by atoms with Crippen LogP contribution in [-0.2, 0) is 14.9 Å². The Bertz CT molecular complexity index is 1080. The lowest BCUT2D eigenvalue weighted by atomic mass is 9.58. The van der Waals surface area contributed by atoms with Crippen LogP contribution in [0.2, 0.25) is 0 Å². The molecule has 6 heteroatoms. The smallest absolute Gasteiger partial charge is 0.305 e. The summed E-state index contributed by atoms with van der Waals surface area (Å²) in [6.07, 6.45) is 5.15. The number of hydrogen-bond acceptors (Lipinski definition) is 5. The number of aryl methyl sites for hydroxylation is 1. The molecule has 1 saturated carbocycles. The molecule has 2 heterocycles. The molecule has 3 aliphatic rings. The van der Waals surface area contributed by atoms with Crippen LogP contribution in [0, 0.1) is 30.5 Å². The Morgan fingerprint density at radius 2 is 1.82 bits per heavy atom. The van der Waals surface area contributed by atoms with Crippen molar-refractivity contribution in [3.8, 4) is 0 Å². The van der Waals surface area contributed by atoms with Crippen LogP contribution in [0.25, 0.3) is 0 Å². The highest BCUT2D eigenvalue weighted by Crippen LogP contribution is 2.51. The molecule has 5 rings (SSSR count). The number of nitrogens with zero attached hydrogens (tertiary/aromatic N) is 2. The molecule has 0 aromatic heterocycles. The van der Waals surface area contributed by atoms with Gasteiger partial charge in [-0.15, -0.1) is 0 Å². The lowest BCUT2D eigenvalue weighted by Gasteiger charge is -2.50. The van der Waals surface area contributed by atoms with Crippen LogP contribution in [0.4, 0.5) is 10.1 Å². The number of carbonyl (C=O) groups excluding carboxylic acids is 1. The first-order chi connectivity index (χ1) is 18.4. The predicted octanol–water partition coefficient (Wildman–Crippen LogP) is 5.30. The topological polar surface area (TPSA) is 58.8 Å². The van der Waals surface area contributed by atoms with Crippen LogP contribution < -0.4 is 10.6 Å². The summed E-state index contributed by atoms with van der Waals surface area (Å²) >= 11 is 0. The Hall–Kier alpha value is -2.44. The van der Waals surface area contributed by atoms with E-state index in [2.05, 4.69) is 41.0 Å². The third kappa shape index (κ3) is 5.48. The van der Waals surface area contributed by atoms with E-state index in [1.54, 1.807) is 6.07 Å². The molecule has 206 valence electrons. The summed E-state index contributed by atoms with van der Waals surface area (Å²) in [6, 6.07) is 15.9. The fourth-order valence-corrected chi connectivity index (χ4v) is 7.52. The van der Waals surface area contributed by atoms with E-state index < -0.39 is 0 Å². The molecule has 0 amide bonds. The number of likely N-dealkylation sites (tertiary alicyclic amines) is 1. The number of benzene rings is 2. The summed E-state index contributed by atoms with van der Waals surface area (Å²) in [5.41, 5.74) is 9.89. The molecule has 1 aliphatic carbocycles. The van der Waals surface area contributed by atoms with Crippen molar-refractivity contribution >= 4 is 11.7 Å². The SMILES string of the molecule is CCC(=O)O[C@H]1CCC[C@@H]1[C@](CN)(c1cccc(F)c1)C1CCN(CC2CN(c3ccc(C)cc3)C2)CC1. The van der Waals surface area contributed by atoms with Gasteiger partial charge in [0.1, 0.15) is 11.9 Å². The Morgan fingerprint density at radius 3 is 2.47 bits per heavy atom. The fraction of sp³-hybridized carbons (Fsp3) is 0.594. The minimum absolute atomic E-state index is 0.121. The van der Waals surface area contributed by atoms with Gasteiger partial charge in [-0.1, -0.05) is 36.8 Å². The second-order valence-electron chi connectivity index (χ2n) is 11.9. The lowest BCUT2D eigenvalue weighted by Crippen LogP contribution is -2.56. The molecular formula is C32H44FN3O2. The van der Waals surface area contributed by atoms with E-state index in [-0.39, 0.29) is 29.2 Å². The minimum Gasteiger partial charge on any atom is -0.462 e. The molecule has 0 spiro atoms. The molecule has 2 aromatic carbocycles. The Labute approximate surface area is 227 Å². The van der Waals surface area contributed by atoms with E-state index in [1.165, 1.54) is 17.3 Å². The first-order valence-corrected chi connectivity index (χ1v) is 14.6. The lowest BCUT2D eigenvalue weighted by molar-refractivity contribution is -0.152. The van der Waals surface area contributed by atoms with Crippen LogP contribution in [-0.4, -0.2) is 56.2 Å².